The van der Waals surface area contributed by atoms with Crippen LogP contribution in [0.2, 0.25) is 0 Å². The Morgan fingerprint density at radius 1 is 1.13 bits per heavy atom. The average Bonchev–Trinajstić information content (AvgIpc) is 2.26. The van der Waals surface area contributed by atoms with Gasteiger partial charge < -0.3 is 11.1 Å². The van der Waals surface area contributed by atoms with E-state index in [0.717, 1.165) is 5.70 Å². The van der Waals surface area contributed by atoms with Gasteiger partial charge in [-0.1, -0.05) is 24.3 Å². The van der Waals surface area contributed by atoms with Crippen LogP contribution in [0.1, 0.15) is 0 Å². The molecule has 1 aliphatic heterocycles. The van der Waals surface area contributed by atoms with Gasteiger partial charge in [-0.3, -0.25) is 0 Å². The van der Waals surface area contributed by atoms with Gasteiger partial charge in [-0.15, -0.1) is 0 Å². The smallest absolute Gasteiger partial charge is 0.0616 e. The van der Waals surface area contributed by atoms with E-state index in [-0.39, 0.29) is 5.41 Å². The van der Waals surface area contributed by atoms with Gasteiger partial charge in [0.05, 0.1) is 5.41 Å². The van der Waals surface area contributed by atoms with Gasteiger partial charge in [-0.05, 0) is 35.6 Å². The minimum absolute atomic E-state index is 0.140. The molecular weight excluding hydrogens is 184 g/mol. The Balaban J connectivity index is 2.24. The van der Waals surface area contributed by atoms with E-state index < -0.39 is 0 Å². The predicted octanol–water partition coefficient (Wildman–Crippen LogP) is 1.88. The van der Waals surface area contributed by atoms with Crippen molar-refractivity contribution in [2.75, 3.05) is 0 Å². The maximum absolute atomic E-state index is 5.88. The molecule has 74 valence electrons. The van der Waals surface area contributed by atoms with E-state index in [1.54, 1.807) is 0 Å². The number of rotatable bonds is 0. The van der Waals surface area contributed by atoms with Crippen molar-refractivity contribution in [3.05, 3.63) is 71.8 Å². The highest BCUT2D eigenvalue weighted by Gasteiger charge is 2.35. The van der Waals surface area contributed by atoms with E-state index in [2.05, 4.69) is 41.8 Å². The van der Waals surface area contributed by atoms with Gasteiger partial charge >= 0.3 is 0 Å². The van der Waals surface area contributed by atoms with Gasteiger partial charge in [-0.2, -0.15) is 0 Å². The molecule has 0 radical (unpaired) electrons. The molecule has 3 N–H and O–H groups in total. The molecule has 1 heterocycles. The highest BCUT2D eigenvalue weighted by Crippen LogP contribution is 2.45. The molecule has 2 heteroatoms. The van der Waals surface area contributed by atoms with Crippen molar-refractivity contribution < 1.29 is 0 Å². The van der Waals surface area contributed by atoms with Crippen molar-refractivity contribution in [1.82, 2.24) is 5.32 Å². The maximum atomic E-state index is 5.88. The lowest BCUT2D eigenvalue weighted by Gasteiger charge is -2.36. The Hall–Kier alpha value is -1.96. The summed E-state index contributed by atoms with van der Waals surface area (Å²) in [4.78, 5) is 0. The summed E-state index contributed by atoms with van der Waals surface area (Å²) in [5.74, 6) is 0. The second kappa shape index (κ2) is 2.76. The molecule has 3 rings (SSSR count). The minimum Gasteiger partial charge on any atom is -0.399 e. The number of dihydropyridines is 1. The Labute approximate surface area is 88.9 Å². The summed E-state index contributed by atoms with van der Waals surface area (Å²) >= 11 is 0. The standard InChI is InChI=1S/C13H12N2/c14-12-5-4-10-2-1-3-11-9-15-7-6-13(10,11)8-12/h1-9,15H,14H2. The van der Waals surface area contributed by atoms with Crippen molar-refractivity contribution in [1.29, 1.82) is 0 Å². The third-order valence-electron chi connectivity index (χ3n) is 3.04. The second-order valence-electron chi connectivity index (χ2n) is 3.93. The van der Waals surface area contributed by atoms with Crippen LogP contribution >= 0.6 is 0 Å². The first kappa shape index (κ1) is 8.36. The summed E-state index contributed by atoms with van der Waals surface area (Å²) in [6.07, 6.45) is 18.6. The summed E-state index contributed by atoms with van der Waals surface area (Å²) in [5, 5.41) is 3.11. The summed E-state index contributed by atoms with van der Waals surface area (Å²) in [5.41, 5.74) is 9.06. The van der Waals surface area contributed by atoms with E-state index in [0.29, 0.717) is 0 Å². The van der Waals surface area contributed by atoms with Crippen molar-refractivity contribution in [2.45, 2.75) is 0 Å². The molecule has 1 unspecified atom stereocenters. The molecule has 0 aromatic heterocycles. The first-order valence-electron chi connectivity index (χ1n) is 5.01. The first-order chi connectivity index (χ1) is 7.31. The van der Waals surface area contributed by atoms with E-state index in [1.807, 2.05) is 18.5 Å². The van der Waals surface area contributed by atoms with Gasteiger partial charge in [0.15, 0.2) is 0 Å². The van der Waals surface area contributed by atoms with E-state index >= 15 is 0 Å². The lowest BCUT2D eigenvalue weighted by Crippen LogP contribution is -2.29. The van der Waals surface area contributed by atoms with E-state index in [1.165, 1.54) is 11.1 Å². The Morgan fingerprint density at radius 2 is 2.07 bits per heavy atom. The van der Waals surface area contributed by atoms with Gasteiger partial charge in [0.1, 0.15) is 0 Å². The van der Waals surface area contributed by atoms with Crippen molar-refractivity contribution in [3.63, 3.8) is 0 Å². The van der Waals surface area contributed by atoms with Crippen LogP contribution in [0.5, 0.6) is 0 Å². The zero-order chi connectivity index (χ0) is 10.3. The largest absolute Gasteiger partial charge is 0.399 e. The Morgan fingerprint density at radius 3 is 3.00 bits per heavy atom. The fourth-order valence-corrected chi connectivity index (χ4v) is 2.28. The molecule has 3 aliphatic rings. The lowest BCUT2D eigenvalue weighted by atomic mass is 9.68. The van der Waals surface area contributed by atoms with Crippen molar-refractivity contribution in [2.24, 2.45) is 11.1 Å². The van der Waals surface area contributed by atoms with Gasteiger partial charge in [0, 0.05) is 11.9 Å². The van der Waals surface area contributed by atoms with Crippen LogP contribution < -0.4 is 11.1 Å². The number of hydrogen-bond acceptors (Lipinski definition) is 2. The molecule has 1 spiro atoms. The number of allylic oxidation sites excluding steroid dienone is 9. The zero-order valence-electron chi connectivity index (χ0n) is 8.27. The van der Waals surface area contributed by atoms with Crippen LogP contribution in [0.25, 0.3) is 0 Å². The van der Waals surface area contributed by atoms with Crippen LogP contribution in [-0.4, -0.2) is 0 Å². The average molecular weight is 196 g/mol. The molecular formula is C13H12N2. The number of hydrogen-bond donors (Lipinski definition) is 2. The fraction of sp³-hybridized carbons (Fsp3) is 0.0769. The van der Waals surface area contributed by atoms with E-state index in [4.69, 9.17) is 5.73 Å². The third-order valence-corrected chi connectivity index (χ3v) is 3.04. The van der Waals surface area contributed by atoms with Crippen LogP contribution in [0.15, 0.2) is 71.8 Å². The summed E-state index contributed by atoms with van der Waals surface area (Å²) < 4.78 is 0. The normalized spacial score (nSPS) is 30.8. The lowest BCUT2D eigenvalue weighted by molar-refractivity contribution is 0.691. The predicted molar refractivity (Wildman–Crippen MR) is 61.4 cm³/mol. The van der Waals surface area contributed by atoms with Crippen molar-refractivity contribution in [3.8, 4) is 0 Å². The SMILES string of the molecule is NC1=CC23C=CNC=C2C=CC=C3C=C1. The third kappa shape index (κ3) is 1.05. The molecule has 0 aromatic carbocycles. The minimum atomic E-state index is -0.140. The Kier molecular flexibility index (Phi) is 1.54. The molecule has 0 bridgehead atoms. The second-order valence-corrected chi connectivity index (χ2v) is 3.93. The van der Waals surface area contributed by atoms with Crippen LogP contribution in [0.4, 0.5) is 0 Å². The molecule has 0 fully saturated rings. The van der Waals surface area contributed by atoms with Crippen LogP contribution in [0, 0.1) is 5.41 Å². The maximum Gasteiger partial charge on any atom is 0.0616 e. The molecule has 15 heavy (non-hydrogen) atoms. The first-order valence-corrected chi connectivity index (χ1v) is 5.01. The molecule has 1 atom stereocenters. The highest BCUT2D eigenvalue weighted by molar-refractivity contribution is 5.59. The molecule has 2 nitrogen and oxygen atoms in total. The molecule has 0 saturated heterocycles. The van der Waals surface area contributed by atoms with Crippen molar-refractivity contribution >= 4 is 0 Å². The summed E-state index contributed by atoms with van der Waals surface area (Å²) in [6.45, 7) is 0. The molecule has 0 amide bonds. The van der Waals surface area contributed by atoms with E-state index in [9.17, 15) is 0 Å². The monoisotopic (exact) mass is 196 g/mol. The van der Waals surface area contributed by atoms with Gasteiger partial charge in [0.2, 0.25) is 0 Å². The number of nitrogens with one attached hydrogen (secondary N) is 1. The molecule has 0 saturated carbocycles. The molecule has 0 aromatic rings. The highest BCUT2D eigenvalue weighted by atomic mass is 14.8. The Bertz CT molecular complexity index is 487. The topological polar surface area (TPSA) is 38.0 Å². The summed E-state index contributed by atoms with van der Waals surface area (Å²) in [7, 11) is 0. The van der Waals surface area contributed by atoms with Gasteiger partial charge in [-0.25, -0.2) is 0 Å². The number of nitrogens with two attached hydrogens (primary N) is 1. The molecule has 2 aliphatic carbocycles. The zero-order valence-corrected chi connectivity index (χ0v) is 8.27. The van der Waals surface area contributed by atoms with Crippen LogP contribution in [0.3, 0.4) is 0 Å². The summed E-state index contributed by atoms with van der Waals surface area (Å²) in [6, 6.07) is 0. The fourth-order valence-electron chi connectivity index (χ4n) is 2.28. The van der Waals surface area contributed by atoms with Crippen LogP contribution in [-0.2, 0) is 0 Å². The quantitative estimate of drug-likeness (QED) is 0.621. The van der Waals surface area contributed by atoms with Gasteiger partial charge in [0.25, 0.3) is 0 Å².